The maximum atomic E-state index is 12.7. The summed E-state index contributed by atoms with van der Waals surface area (Å²) in [6, 6.07) is 3.64. The second-order valence-corrected chi connectivity index (χ2v) is 3.88. The molecule has 0 aromatic heterocycles. The third kappa shape index (κ3) is 4.64. The molecule has 0 radical (unpaired) electrons. The van der Waals surface area contributed by atoms with E-state index >= 15 is 0 Å². The Morgan fingerprint density at radius 1 is 1.42 bits per heavy atom. The zero-order chi connectivity index (χ0) is 14.5. The summed E-state index contributed by atoms with van der Waals surface area (Å²) in [5, 5.41) is 5.01. The minimum Gasteiger partial charge on any atom is -0.325 e. The SMILES string of the molecule is C#CCNCC(=O)Nc1ccc(C)c(C(F)(F)F)c1. The van der Waals surface area contributed by atoms with E-state index < -0.39 is 17.6 Å². The van der Waals surface area contributed by atoms with Gasteiger partial charge in [-0.15, -0.1) is 6.42 Å². The summed E-state index contributed by atoms with van der Waals surface area (Å²) >= 11 is 0. The Balaban J connectivity index is 2.75. The van der Waals surface area contributed by atoms with Gasteiger partial charge >= 0.3 is 6.18 Å². The minimum atomic E-state index is -4.44. The van der Waals surface area contributed by atoms with E-state index in [9.17, 15) is 18.0 Å². The number of hydrogen-bond donors (Lipinski definition) is 2. The van der Waals surface area contributed by atoms with Crippen LogP contribution in [0, 0.1) is 19.3 Å². The van der Waals surface area contributed by atoms with Crippen LogP contribution in [0.2, 0.25) is 0 Å². The Morgan fingerprint density at radius 2 is 2.11 bits per heavy atom. The molecular weight excluding hydrogens is 257 g/mol. The zero-order valence-corrected chi connectivity index (χ0v) is 10.3. The van der Waals surface area contributed by atoms with Crippen LogP contribution in [0.15, 0.2) is 18.2 Å². The Kier molecular flexibility index (Phi) is 4.95. The van der Waals surface area contributed by atoms with E-state index in [0.29, 0.717) is 0 Å². The summed E-state index contributed by atoms with van der Waals surface area (Å²) in [6.07, 6.45) is 0.545. The monoisotopic (exact) mass is 270 g/mol. The van der Waals surface area contributed by atoms with Gasteiger partial charge in [0.05, 0.1) is 18.7 Å². The van der Waals surface area contributed by atoms with Gasteiger partial charge in [0.1, 0.15) is 0 Å². The van der Waals surface area contributed by atoms with E-state index in [4.69, 9.17) is 6.42 Å². The highest BCUT2D eigenvalue weighted by molar-refractivity contribution is 5.92. The Labute approximate surface area is 109 Å². The van der Waals surface area contributed by atoms with E-state index in [0.717, 1.165) is 6.07 Å². The molecule has 0 aliphatic heterocycles. The predicted molar refractivity (Wildman–Crippen MR) is 66.5 cm³/mol. The number of rotatable bonds is 4. The van der Waals surface area contributed by atoms with Crippen molar-refractivity contribution in [1.29, 1.82) is 0 Å². The van der Waals surface area contributed by atoms with Crippen LogP contribution >= 0.6 is 0 Å². The first-order valence-corrected chi connectivity index (χ1v) is 5.46. The highest BCUT2D eigenvalue weighted by Gasteiger charge is 2.32. The molecule has 0 heterocycles. The van der Waals surface area contributed by atoms with Gasteiger partial charge in [0.15, 0.2) is 0 Å². The van der Waals surface area contributed by atoms with Crippen molar-refractivity contribution >= 4 is 11.6 Å². The molecule has 0 atom stereocenters. The van der Waals surface area contributed by atoms with E-state index in [2.05, 4.69) is 16.6 Å². The third-order valence-corrected chi connectivity index (χ3v) is 2.34. The van der Waals surface area contributed by atoms with Gasteiger partial charge in [-0.3, -0.25) is 10.1 Å². The number of alkyl halides is 3. The van der Waals surface area contributed by atoms with Crippen molar-refractivity contribution in [3.05, 3.63) is 29.3 Å². The van der Waals surface area contributed by atoms with Gasteiger partial charge in [-0.2, -0.15) is 13.2 Å². The summed E-state index contributed by atoms with van der Waals surface area (Å²) in [7, 11) is 0. The lowest BCUT2D eigenvalue weighted by atomic mass is 10.1. The van der Waals surface area contributed by atoms with E-state index in [1.54, 1.807) is 0 Å². The van der Waals surface area contributed by atoms with Crippen molar-refractivity contribution < 1.29 is 18.0 Å². The number of anilines is 1. The van der Waals surface area contributed by atoms with E-state index in [-0.39, 0.29) is 24.3 Å². The summed E-state index contributed by atoms with van der Waals surface area (Å²) < 4.78 is 38.0. The van der Waals surface area contributed by atoms with Crippen LogP contribution in [-0.4, -0.2) is 19.0 Å². The van der Waals surface area contributed by atoms with Gasteiger partial charge in [-0.05, 0) is 24.6 Å². The molecule has 0 aliphatic rings. The van der Waals surface area contributed by atoms with E-state index in [1.807, 2.05) is 0 Å². The number of aryl methyl sites for hydroxylation is 1. The number of carbonyl (C=O) groups is 1. The average molecular weight is 270 g/mol. The Morgan fingerprint density at radius 3 is 2.68 bits per heavy atom. The molecular formula is C13H13F3N2O. The number of benzene rings is 1. The minimum absolute atomic E-state index is 0.0561. The number of hydrogen-bond acceptors (Lipinski definition) is 2. The van der Waals surface area contributed by atoms with E-state index in [1.165, 1.54) is 19.1 Å². The van der Waals surface area contributed by atoms with Crippen LogP contribution in [-0.2, 0) is 11.0 Å². The largest absolute Gasteiger partial charge is 0.416 e. The normalized spacial score (nSPS) is 10.9. The molecule has 102 valence electrons. The Bertz CT molecular complexity index is 504. The molecule has 0 unspecified atom stereocenters. The number of halogens is 3. The molecule has 0 fully saturated rings. The maximum Gasteiger partial charge on any atom is 0.416 e. The number of carbonyl (C=O) groups excluding carboxylic acids is 1. The van der Waals surface area contributed by atoms with Crippen LogP contribution in [0.4, 0.5) is 18.9 Å². The second-order valence-electron chi connectivity index (χ2n) is 3.88. The molecule has 2 N–H and O–H groups in total. The van der Waals surface area contributed by atoms with Crippen LogP contribution in [0.3, 0.4) is 0 Å². The van der Waals surface area contributed by atoms with Gasteiger partial charge in [0.2, 0.25) is 5.91 Å². The first kappa shape index (κ1) is 15.1. The molecule has 0 spiro atoms. The number of nitrogens with one attached hydrogen (secondary N) is 2. The number of amides is 1. The topological polar surface area (TPSA) is 41.1 Å². The van der Waals surface area contributed by atoms with Gasteiger partial charge in [-0.1, -0.05) is 12.0 Å². The van der Waals surface area contributed by atoms with Gasteiger partial charge in [-0.25, -0.2) is 0 Å². The van der Waals surface area contributed by atoms with Gasteiger partial charge < -0.3 is 5.32 Å². The van der Waals surface area contributed by atoms with Crippen molar-refractivity contribution in [2.75, 3.05) is 18.4 Å². The molecule has 1 aromatic carbocycles. The third-order valence-electron chi connectivity index (χ3n) is 2.34. The van der Waals surface area contributed by atoms with Crippen LogP contribution in [0.25, 0.3) is 0 Å². The van der Waals surface area contributed by atoms with Crippen molar-refractivity contribution in [2.45, 2.75) is 13.1 Å². The lowest BCUT2D eigenvalue weighted by Crippen LogP contribution is -2.28. The zero-order valence-electron chi connectivity index (χ0n) is 10.3. The van der Waals surface area contributed by atoms with Crippen LogP contribution in [0.1, 0.15) is 11.1 Å². The molecule has 0 bridgehead atoms. The average Bonchev–Trinajstić information content (AvgIpc) is 2.30. The van der Waals surface area contributed by atoms with Gasteiger partial charge in [0.25, 0.3) is 0 Å². The first-order chi connectivity index (χ1) is 8.84. The predicted octanol–water partition coefficient (Wildman–Crippen LogP) is 2.18. The van der Waals surface area contributed by atoms with Crippen LogP contribution < -0.4 is 10.6 Å². The van der Waals surface area contributed by atoms with Crippen molar-refractivity contribution in [2.24, 2.45) is 0 Å². The van der Waals surface area contributed by atoms with Gasteiger partial charge in [0, 0.05) is 5.69 Å². The summed E-state index contributed by atoms with van der Waals surface area (Å²) in [6.45, 7) is 1.53. The van der Waals surface area contributed by atoms with Crippen molar-refractivity contribution in [3.63, 3.8) is 0 Å². The molecule has 0 saturated heterocycles. The summed E-state index contributed by atoms with van der Waals surface area (Å²) in [4.78, 5) is 11.4. The molecule has 6 heteroatoms. The lowest BCUT2D eigenvalue weighted by Gasteiger charge is -2.12. The molecule has 1 amide bonds. The lowest BCUT2D eigenvalue weighted by molar-refractivity contribution is -0.138. The van der Waals surface area contributed by atoms with Crippen LogP contribution in [0.5, 0.6) is 0 Å². The molecule has 3 nitrogen and oxygen atoms in total. The quantitative estimate of drug-likeness (QED) is 0.650. The highest BCUT2D eigenvalue weighted by Crippen LogP contribution is 2.33. The molecule has 1 aromatic rings. The Hall–Kier alpha value is -2.00. The molecule has 0 aliphatic carbocycles. The standard InChI is InChI=1S/C13H13F3N2O/c1-3-6-17-8-12(19)18-10-5-4-9(2)11(7-10)13(14,15)16/h1,4-5,7,17H,6,8H2,2H3,(H,18,19). The fraction of sp³-hybridized carbons (Fsp3) is 0.308. The highest BCUT2D eigenvalue weighted by atomic mass is 19.4. The maximum absolute atomic E-state index is 12.7. The molecule has 0 saturated carbocycles. The molecule has 1 rings (SSSR count). The van der Waals surface area contributed by atoms with Crippen molar-refractivity contribution in [1.82, 2.24) is 5.32 Å². The van der Waals surface area contributed by atoms with Crippen molar-refractivity contribution in [3.8, 4) is 12.3 Å². The summed E-state index contributed by atoms with van der Waals surface area (Å²) in [5.74, 6) is 1.83. The first-order valence-electron chi connectivity index (χ1n) is 5.46. The second kappa shape index (κ2) is 6.25. The number of terminal acetylenes is 1. The summed E-state index contributed by atoms with van der Waals surface area (Å²) in [5.41, 5.74) is -0.553. The smallest absolute Gasteiger partial charge is 0.325 e. The molecule has 19 heavy (non-hydrogen) atoms. The fourth-order valence-electron chi connectivity index (χ4n) is 1.46. The fourth-order valence-corrected chi connectivity index (χ4v) is 1.46.